The third-order valence-corrected chi connectivity index (χ3v) is 6.92. The number of anilines is 2. The maximum atomic E-state index is 12.6. The SMILES string of the molecule is CC(C)(Nc1cccc(C2N(C(N)=O)c3ccc(S(C)(=O)=O)cc3CC2(C)C)c1)C(=O)O. The van der Waals surface area contributed by atoms with E-state index in [1.807, 2.05) is 26.0 Å². The van der Waals surface area contributed by atoms with Gasteiger partial charge in [-0.15, -0.1) is 0 Å². The van der Waals surface area contributed by atoms with E-state index in [9.17, 15) is 23.1 Å². The number of rotatable bonds is 5. The third kappa shape index (κ3) is 4.43. The molecule has 0 fully saturated rings. The van der Waals surface area contributed by atoms with Gasteiger partial charge in [-0.1, -0.05) is 26.0 Å². The Hall–Kier alpha value is -3.07. The first kappa shape index (κ1) is 23.6. The van der Waals surface area contributed by atoms with Gasteiger partial charge in [-0.2, -0.15) is 0 Å². The number of hydrogen-bond acceptors (Lipinski definition) is 5. The summed E-state index contributed by atoms with van der Waals surface area (Å²) in [6, 6.07) is 10.9. The quantitative estimate of drug-likeness (QED) is 0.627. The summed E-state index contributed by atoms with van der Waals surface area (Å²) in [6.07, 6.45) is 1.67. The second-order valence-electron chi connectivity index (χ2n) is 9.52. The van der Waals surface area contributed by atoms with Gasteiger partial charge in [0.1, 0.15) is 5.54 Å². The summed E-state index contributed by atoms with van der Waals surface area (Å²) in [5.41, 5.74) is 6.83. The molecular formula is C23H29N3O5S. The number of primary amides is 1. The molecule has 172 valence electrons. The van der Waals surface area contributed by atoms with E-state index in [2.05, 4.69) is 5.32 Å². The minimum atomic E-state index is -3.40. The molecule has 0 aliphatic carbocycles. The van der Waals surface area contributed by atoms with Crippen molar-refractivity contribution in [2.45, 2.75) is 50.6 Å². The van der Waals surface area contributed by atoms with Gasteiger partial charge >= 0.3 is 12.0 Å². The molecule has 1 aliphatic rings. The van der Waals surface area contributed by atoms with Crippen molar-refractivity contribution in [3.8, 4) is 0 Å². The van der Waals surface area contributed by atoms with Crippen LogP contribution in [0.3, 0.4) is 0 Å². The van der Waals surface area contributed by atoms with E-state index in [1.54, 1.807) is 38.1 Å². The van der Waals surface area contributed by atoms with E-state index in [-0.39, 0.29) is 4.90 Å². The lowest BCUT2D eigenvalue weighted by molar-refractivity contribution is -0.141. The molecule has 32 heavy (non-hydrogen) atoms. The van der Waals surface area contributed by atoms with Crippen LogP contribution < -0.4 is 16.0 Å². The molecule has 1 aliphatic heterocycles. The molecule has 2 aromatic carbocycles. The van der Waals surface area contributed by atoms with Crippen LogP contribution in [0.5, 0.6) is 0 Å². The number of nitrogens with one attached hydrogen (secondary N) is 1. The van der Waals surface area contributed by atoms with Crippen molar-refractivity contribution in [2.75, 3.05) is 16.5 Å². The van der Waals surface area contributed by atoms with E-state index >= 15 is 0 Å². The number of nitrogens with zero attached hydrogens (tertiary/aromatic N) is 1. The Bertz CT molecular complexity index is 1190. The highest BCUT2D eigenvalue weighted by Gasteiger charge is 2.43. The van der Waals surface area contributed by atoms with E-state index in [1.165, 1.54) is 11.0 Å². The molecule has 3 rings (SSSR count). The summed E-state index contributed by atoms with van der Waals surface area (Å²) in [4.78, 5) is 25.8. The van der Waals surface area contributed by atoms with Crippen LogP contribution in [-0.4, -0.2) is 37.3 Å². The number of sulfone groups is 1. The fraction of sp³-hybridized carbons (Fsp3) is 0.391. The van der Waals surface area contributed by atoms with Gasteiger partial charge in [-0.3, -0.25) is 4.90 Å². The van der Waals surface area contributed by atoms with Crippen molar-refractivity contribution in [1.29, 1.82) is 0 Å². The van der Waals surface area contributed by atoms with Crippen LogP contribution in [0.1, 0.15) is 44.9 Å². The van der Waals surface area contributed by atoms with Crippen molar-refractivity contribution in [2.24, 2.45) is 11.1 Å². The van der Waals surface area contributed by atoms with Crippen LogP contribution in [0.15, 0.2) is 47.4 Å². The Morgan fingerprint density at radius 1 is 1.19 bits per heavy atom. The van der Waals surface area contributed by atoms with E-state index in [0.29, 0.717) is 17.8 Å². The maximum Gasteiger partial charge on any atom is 0.328 e. The van der Waals surface area contributed by atoms with Crippen LogP contribution in [0.25, 0.3) is 0 Å². The fourth-order valence-corrected chi connectivity index (χ4v) is 4.96. The monoisotopic (exact) mass is 459 g/mol. The average Bonchev–Trinajstić information content (AvgIpc) is 2.64. The van der Waals surface area contributed by atoms with Gasteiger partial charge in [0, 0.05) is 17.6 Å². The van der Waals surface area contributed by atoms with Crippen LogP contribution in [0.2, 0.25) is 0 Å². The number of carboxylic acid groups (broad SMARTS) is 1. The molecule has 2 amide bonds. The summed E-state index contributed by atoms with van der Waals surface area (Å²) in [6.45, 7) is 7.12. The summed E-state index contributed by atoms with van der Waals surface area (Å²) in [5.74, 6) is -0.990. The molecule has 1 heterocycles. The smallest absolute Gasteiger partial charge is 0.328 e. The largest absolute Gasteiger partial charge is 0.480 e. The molecule has 0 spiro atoms. The second-order valence-corrected chi connectivity index (χ2v) is 11.5. The number of urea groups is 1. The van der Waals surface area contributed by atoms with E-state index < -0.39 is 38.8 Å². The molecule has 0 saturated carbocycles. The highest BCUT2D eigenvalue weighted by Crippen LogP contribution is 2.49. The van der Waals surface area contributed by atoms with Crippen molar-refractivity contribution in [3.63, 3.8) is 0 Å². The van der Waals surface area contributed by atoms with Crippen LogP contribution >= 0.6 is 0 Å². The fourth-order valence-electron chi connectivity index (χ4n) is 4.29. The average molecular weight is 460 g/mol. The highest BCUT2D eigenvalue weighted by atomic mass is 32.2. The Labute approximate surface area is 188 Å². The topological polar surface area (TPSA) is 130 Å². The third-order valence-electron chi connectivity index (χ3n) is 5.81. The first-order valence-electron chi connectivity index (χ1n) is 10.2. The predicted molar refractivity (Wildman–Crippen MR) is 124 cm³/mol. The molecule has 2 aromatic rings. The van der Waals surface area contributed by atoms with Gasteiger partial charge in [0.25, 0.3) is 0 Å². The molecule has 4 N–H and O–H groups in total. The minimum Gasteiger partial charge on any atom is -0.480 e. The number of carboxylic acids is 1. The number of benzene rings is 2. The number of carbonyl (C=O) groups excluding carboxylic acids is 1. The molecule has 0 aromatic heterocycles. The molecule has 8 nitrogen and oxygen atoms in total. The number of carbonyl (C=O) groups is 2. The van der Waals surface area contributed by atoms with Crippen LogP contribution in [-0.2, 0) is 21.1 Å². The zero-order valence-electron chi connectivity index (χ0n) is 18.8. The normalized spacial score (nSPS) is 18.0. The first-order valence-corrected chi connectivity index (χ1v) is 12.1. The predicted octanol–water partition coefficient (Wildman–Crippen LogP) is 3.57. The standard InChI is InChI=1S/C23H29N3O5S/c1-22(2)13-15-12-17(32(5,30)31)9-10-18(15)26(21(24)29)19(22)14-7-6-8-16(11-14)25-23(3,4)20(27)28/h6-12,19,25H,13H2,1-5H3,(H2,24,29)(H,27,28). The van der Waals surface area contributed by atoms with Gasteiger partial charge in [0.2, 0.25) is 0 Å². The summed E-state index contributed by atoms with van der Waals surface area (Å²) >= 11 is 0. The van der Waals surface area contributed by atoms with Crippen molar-refractivity contribution in [3.05, 3.63) is 53.6 Å². The van der Waals surface area contributed by atoms with E-state index in [4.69, 9.17) is 5.73 Å². The molecule has 1 atom stereocenters. The zero-order valence-corrected chi connectivity index (χ0v) is 19.7. The number of aliphatic carboxylic acids is 1. The van der Waals surface area contributed by atoms with Crippen LogP contribution in [0.4, 0.5) is 16.2 Å². The Balaban J connectivity index is 2.12. The molecule has 0 bridgehead atoms. The molecule has 9 heteroatoms. The molecule has 0 saturated heterocycles. The van der Waals surface area contributed by atoms with Gasteiger partial charge in [-0.25, -0.2) is 18.0 Å². The molecule has 1 unspecified atom stereocenters. The zero-order chi connectivity index (χ0) is 24.1. The number of amides is 2. The molecule has 0 radical (unpaired) electrons. The molecular weight excluding hydrogens is 430 g/mol. The maximum absolute atomic E-state index is 12.6. The number of fused-ring (bicyclic) bond motifs is 1. The Morgan fingerprint density at radius 2 is 1.84 bits per heavy atom. The second kappa shape index (κ2) is 7.81. The van der Waals surface area contributed by atoms with Gasteiger partial charge in [-0.05, 0) is 67.1 Å². The van der Waals surface area contributed by atoms with Crippen molar-refractivity contribution >= 4 is 33.2 Å². The lowest BCUT2D eigenvalue weighted by atomic mass is 9.71. The van der Waals surface area contributed by atoms with Gasteiger partial charge < -0.3 is 16.2 Å². The van der Waals surface area contributed by atoms with Crippen molar-refractivity contribution < 1.29 is 23.1 Å². The van der Waals surface area contributed by atoms with E-state index in [0.717, 1.165) is 17.4 Å². The lowest BCUT2D eigenvalue weighted by Gasteiger charge is -2.47. The van der Waals surface area contributed by atoms with Crippen molar-refractivity contribution in [1.82, 2.24) is 0 Å². The van der Waals surface area contributed by atoms with Gasteiger partial charge in [0.15, 0.2) is 9.84 Å². The van der Waals surface area contributed by atoms with Gasteiger partial charge in [0.05, 0.1) is 10.9 Å². The summed E-state index contributed by atoms with van der Waals surface area (Å²) in [5, 5.41) is 12.4. The Morgan fingerprint density at radius 3 is 2.41 bits per heavy atom. The minimum absolute atomic E-state index is 0.192. The van der Waals surface area contributed by atoms with Crippen LogP contribution in [0, 0.1) is 5.41 Å². The summed E-state index contributed by atoms with van der Waals surface area (Å²) < 4.78 is 24.1. The Kier molecular flexibility index (Phi) is 5.76. The summed E-state index contributed by atoms with van der Waals surface area (Å²) in [7, 11) is -3.40. The number of nitrogens with two attached hydrogens (primary N) is 1. The first-order chi connectivity index (χ1) is 14.6. The lowest BCUT2D eigenvalue weighted by Crippen LogP contribution is -2.49. The highest BCUT2D eigenvalue weighted by molar-refractivity contribution is 7.90. The number of hydrogen-bond donors (Lipinski definition) is 3.